The molecule has 4 heterocycles. The molecule has 3 atom stereocenters. The van der Waals surface area contributed by atoms with Crippen LogP contribution in [0, 0.1) is 5.82 Å². The Morgan fingerprint density at radius 1 is 1.22 bits per heavy atom. The van der Waals surface area contributed by atoms with Gasteiger partial charge in [-0.1, -0.05) is 6.42 Å². The topological polar surface area (TPSA) is 132 Å². The molecule has 194 valence electrons. The zero-order valence-corrected chi connectivity index (χ0v) is 20.8. The number of carbonyl (C=O) groups excluding carboxylic acids is 1. The molecule has 0 spiro atoms. The molecule has 36 heavy (non-hydrogen) atoms. The summed E-state index contributed by atoms with van der Waals surface area (Å²) in [7, 11) is -2.96. The van der Waals surface area contributed by atoms with Gasteiger partial charge >= 0.3 is 6.61 Å². The van der Waals surface area contributed by atoms with Crippen molar-refractivity contribution in [3.8, 4) is 5.75 Å². The lowest BCUT2D eigenvalue weighted by molar-refractivity contribution is -0.0500. The van der Waals surface area contributed by atoms with Crippen LogP contribution in [0.4, 0.5) is 19.0 Å². The van der Waals surface area contributed by atoms with Crippen LogP contribution in [0.1, 0.15) is 56.2 Å². The third-order valence-electron chi connectivity index (χ3n) is 6.63. The smallest absolute Gasteiger partial charge is 0.387 e. The van der Waals surface area contributed by atoms with Crippen LogP contribution >= 0.6 is 0 Å². The van der Waals surface area contributed by atoms with E-state index < -0.39 is 43.6 Å². The molecule has 0 aliphatic carbocycles. The highest BCUT2D eigenvalue weighted by atomic mass is 32.2. The van der Waals surface area contributed by atoms with Crippen molar-refractivity contribution in [3.05, 3.63) is 47.7 Å². The fraction of sp³-hybridized carbons (Fsp3) is 0.478. The third kappa shape index (κ3) is 4.40. The molecule has 0 unspecified atom stereocenters. The summed E-state index contributed by atoms with van der Waals surface area (Å²) in [5, 5.41) is 1.87. The van der Waals surface area contributed by atoms with Crippen LogP contribution in [0.5, 0.6) is 5.75 Å². The molecule has 0 aromatic carbocycles. The first-order valence-corrected chi connectivity index (χ1v) is 12.9. The van der Waals surface area contributed by atoms with E-state index in [1.165, 1.54) is 18.2 Å². The number of halogens is 3. The SMILES string of the molecule is CC1(C)C(N)=N[C@](C)(c2nc(NC(=O)c3ccc(OC(F)F)cn3)ccc2F)[C@@H]2CCCCN=[S@@]21=O. The number of amides is 1. The van der Waals surface area contributed by atoms with Crippen LogP contribution in [0.3, 0.4) is 0 Å². The van der Waals surface area contributed by atoms with E-state index >= 15 is 4.39 Å². The molecule has 2 aliphatic heterocycles. The van der Waals surface area contributed by atoms with Gasteiger partial charge in [0, 0.05) is 6.54 Å². The number of pyridine rings is 2. The molecule has 0 saturated heterocycles. The van der Waals surface area contributed by atoms with E-state index in [-0.39, 0.29) is 28.8 Å². The number of nitrogens with zero attached hydrogens (tertiary/aromatic N) is 4. The Bertz CT molecular complexity index is 1320. The second kappa shape index (κ2) is 9.34. The summed E-state index contributed by atoms with van der Waals surface area (Å²) in [6.07, 6.45) is 2.97. The zero-order chi connectivity index (χ0) is 26.3. The molecule has 9 nitrogen and oxygen atoms in total. The lowest BCUT2D eigenvalue weighted by atomic mass is 9.88. The Balaban J connectivity index is 1.70. The van der Waals surface area contributed by atoms with Gasteiger partial charge in [-0.05, 0) is 57.9 Å². The molecule has 2 aromatic heterocycles. The standard InChI is InChI=1S/C23H27F3N6O3S/c1-22(2)20(27)32-23(3,16-6-4-5-11-29-36(16,22)34)18-14(24)8-10-17(30-18)31-19(33)15-9-7-13(12-28-15)35-21(25)26/h7-10,12,16,21H,4-6,11H2,1-3H3,(H2,27,32)(H,30,31,33)/t16-,23-,36+/m0/s1. The molecule has 0 radical (unpaired) electrons. The van der Waals surface area contributed by atoms with E-state index in [9.17, 15) is 17.8 Å². The van der Waals surface area contributed by atoms with Crippen molar-refractivity contribution in [2.24, 2.45) is 15.1 Å². The predicted octanol–water partition coefficient (Wildman–Crippen LogP) is 3.85. The summed E-state index contributed by atoms with van der Waals surface area (Å²) in [6.45, 7) is 2.51. The number of hydrogen-bond donors (Lipinski definition) is 2. The van der Waals surface area contributed by atoms with Crippen molar-refractivity contribution in [1.82, 2.24) is 9.97 Å². The van der Waals surface area contributed by atoms with Crippen LogP contribution in [-0.2, 0) is 15.3 Å². The number of anilines is 1. The first-order chi connectivity index (χ1) is 16.9. The van der Waals surface area contributed by atoms with Gasteiger partial charge in [-0.15, -0.1) is 0 Å². The molecule has 0 saturated carbocycles. The molecular weight excluding hydrogens is 497 g/mol. The number of carbonyl (C=O) groups is 1. The number of hydrogen-bond acceptors (Lipinski definition) is 8. The van der Waals surface area contributed by atoms with Gasteiger partial charge in [0.25, 0.3) is 5.91 Å². The first kappa shape index (κ1) is 25.9. The predicted molar refractivity (Wildman–Crippen MR) is 129 cm³/mol. The summed E-state index contributed by atoms with van der Waals surface area (Å²) < 4.78 is 61.9. The molecule has 4 rings (SSSR count). The van der Waals surface area contributed by atoms with Crippen molar-refractivity contribution >= 4 is 27.3 Å². The van der Waals surface area contributed by atoms with Crippen molar-refractivity contribution < 1.29 is 26.9 Å². The number of amidine groups is 1. The average molecular weight is 525 g/mol. The molecule has 2 aromatic rings. The monoisotopic (exact) mass is 524 g/mol. The number of aromatic nitrogens is 2. The highest BCUT2D eigenvalue weighted by molar-refractivity contribution is 7.96. The summed E-state index contributed by atoms with van der Waals surface area (Å²) in [5.74, 6) is -1.49. The number of rotatable bonds is 5. The van der Waals surface area contributed by atoms with E-state index in [1.807, 2.05) is 0 Å². The molecule has 0 bridgehead atoms. The Morgan fingerprint density at radius 2 is 1.97 bits per heavy atom. The van der Waals surface area contributed by atoms with Gasteiger partial charge in [0.2, 0.25) is 0 Å². The van der Waals surface area contributed by atoms with Crippen molar-refractivity contribution in [2.45, 2.75) is 62.2 Å². The normalized spacial score (nSPS) is 27.3. The number of alkyl halides is 2. The molecule has 1 amide bonds. The van der Waals surface area contributed by atoms with Crippen molar-refractivity contribution in [3.63, 3.8) is 0 Å². The largest absolute Gasteiger partial charge is 0.433 e. The summed E-state index contributed by atoms with van der Waals surface area (Å²) in [6, 6.07) is 4.78. The van der Waals surface area contributed by atoms with Crippen molar-refractivity contribution in [1.29, 1.82) is 0 Å². The van der Waals surface area contributed by atoms with E-state index in [1.54, 1.807) is 20.8 Å². The van der Waals surface area contributed by atoms with Gasteiger partial charge < -0.3 is 15.8 Å². The van der Waals surface area contributed by atoms with Crippen LogP contribution in [0.15, 0.2) is 39.8 Å². The van der Waals surface area contributed by atoms with Gasteiger partial charge in [0.05, 0.1) is 21.2 Å². The lowest BCUT2D eigenvalue weighted by Gasteiger charge is -2.45. The van der Waals surface area contributed by atoms with Gasteiger partial charge in [0.1, 0.15) is 44.9 Å². The number of fused-ring (bicyclic) bond motifs is 1. The second-order valence-electron chi connectivity index (χ2n) is 9.30. The zero-order valence-electron chi connectivity index (χ0n) is 20.0. The Hall–Kier alpha value is -3.22. The molecular formula is C23H27F3N6O3S. The molecule has 2 aliphatic rings. The maximum Gasteiger partial charge on any atom is 0.387 e. The summed E-state index contributed by atoms with van der Waals surface area (Å²) >= 11 is 0. The van der Waals surface area contributed by atoms with Crippen LogP contribution in [-0.4, -0.2) is 49.1 Å². The number of nitrogens with two attached hydrogens (primary N) is 1. The van der Waals surface area contributed by atoms with E-state index in [4.69, 9.17) is 5.73 Å². The number of aliphatic imine (C=N–C) groups is 1. The highest BCUT2D eigenvalue weighted by Crippen LogP contribution is 2.46. The molecule has 0 fully saturated rings. The first-order valence-electron chi connectivity index (χ1n) is 11.3. The van der Waals surface area contributed by atoms with Gasteiger partial charge in [-0.3, -0.25) is 9.79 Å². The number of nitrogens with one attached hydrogen (secondary N) is 1. The van der Waals surface area contributed by atoms with E-state index in [0.29, 0.717) is 13.0 Å². The Kier molecular flexibility index (Phi) is 6.71. The number of ether oxygens (including phenoxy) is 1. The fourth-order valence-corrected chi connectivity index (χ4v) is 7.78. The fourth-order valence-electron chi connectivity index (χ4n) is 4.55. The second-order valence-corrected chi connectivity index (χ2v) is 12.3. The summed E-state index contributed by atoms with van der Waals surface area (Å²) in [5.41, 5.74) is 4.69. The third-order valence-corrected chi connectivity index (χ3v) is 10.3. The lowest BCUT2D eigenvalue weighted by Crippen LogP contribution is -2.59. The van der Waals surface area contributed by atoms with Crippen LogP contribution < -0.4 is 15.8 Å². The van der Waals surface area contributed by atoms with Gasteiger partial charge in [0.15, 0.2) is 0 Å². The molecule has 13 heteroatoms. The maximum absolute atomic E-state index is 15.2. The van der Waals surface area contributed by atoms with Gasteiger partial charge in [-0.25, -0.2) is 22.9 Å². The van der Waals surface area contributed by atoms with Crippen LogP contribution in [0.2, 0.25) is 0 Å². The minimum absolute atomic E-state index is 0.00277. The van der Waals surface area contributed by atoms with Gasteiger partial charge in [-0.2, -0.15) is 8.78 Å². The quantitative estimate of drug-likeness (QED) is 0.611. The summed E-state index contributed by atoms with van der Waals surface area (Å²) in [4.78, 5) is 25.4. The van der Waals surface area contributed by atoms with Crippen LogP contribution in [0.25, 0.3) is 0 Å². The minimum Gasteiger partial charge on any atom is -0.433 e. The molecule has 3 N–H and O–H groups in total. The van der Waals surface area contributed by atoms with E-state index in [2.05, 4.69) is 29.4 Å². The maximum atomic E-state index is 15.2. The average Bonchev–Trinajstić information content (AvgIpc) is 3.02. The van der Waals surface area contributed by atoms with E-state index in [0.717, 1.165) is 25.1 Å². The Morgan fingerprint density at radius 3 is 2.64 bits per heavy atom. The Labute approximate surface area is 206 Å². The highest BCUT2D eigenvalue weighted by Gasteiger charge is 2.56. The minimum atomic E-state index is -3.02. The van der Waals surface area contributed by atoms with Crippen molar-refractivity contribution in [2.75, 3.05) is 11.9 Å².